The standard InChI is InChI=1S/C21H21ClN4O2/c1-15(27)16-3-6-19(7-4-16)26-10-8-25(9-11-26)14-21(28)24-20-12-18(22)5-2-17(20)13-23/h2-7,12H,8-11,14H2,1H3,(H,24,28). The second-order valence-corrected chi connectivity index (χ2v) is 7.15. The summed E-state index contributed by atoms with van der Waals surface area (Å²) in [7, 11) is 0. The van der Waals surface area contributed by atoms with Crippen LogP contribution in [0.4, 0.5) is 11.4 Å². The van der Waals surface area contributed by atoms with Crippen molar-refractivity contribution in [2.24, 2.45) is 0 Å². The molecule has 0 aliphatic carbocycles. The van der Waals surface area contributed by atoms with Crippen LogP contribution in [0.15, 0.2) is 42.5 Å². The molecule has 28 heavy (non-hydrogen) atoms. The van der Waals surface area contributed by atoms with Gasteiger partial charge in [0, 0.05) is 42.5 Å². The minimum Gasteiger partial charge on any atom is -0.369 e. The van der Waals surface area contributed by atoms with Crippen LogP contribution in [0.1, 0.15) is 22.8 Å². The maximum atomic E-state index is 12.4. The van der Waals surface area contributed by atoms with Gasteiger partial charge in [-0.1, -0.05) is 11.6 Å². The third-order valence-electron chi connectivity index (χ3n) is 4.75. The summed E-state index contributed by atoms with van der Waals surface area (Å²) in [6, 6.07) is 14.5. The first-order valence-electron chi connectivity index (χ1n) is 9.04. The van der Waals surface area contributed by atoms with Gasteiger partial charge >= 0.3 is 0 Å². The number of rotatable bonds is 5. The van der Waals surface area contributed by atoms with Crippen molar-refractivity contribution in [2.75, 3.05) is 42.9 Å². The van der Waals surface area contributed by atoms with Crippen molar-refractivity contribution in [3.63, 3.8) is 0 Å². The van der Waals surface area contributed by atoms with Crippen LogP contribution in [0.3, 0.4) is 0 Å². The fourth-order valence-electron chi connectivity index (χ4n) is 3.18. The summed E-state index contributed by atoms with van der Waals surface area (Å²) in [6.45, 7) is 4.92. The van der Waals surface area contributed by atoms with Crippen molar-refractivity contribution in [3.05, 3.63) is 58.6 Å². The van der Waals surface area contributed by atoms with Crippen LogP contribution >= 0.6 is 11.6 Å². The van der Waals surface area contributed by atoms with Gasteiger partial charge in [-0.15, -0.1) is 0 Å². The Balaban J connectivity index is 1.53. The average molecular weight is 397 g/mol. The molecule has 1 aliphatic rings. The first kappa shape index (κ1) is 19.9. The van der Waals surface area contributed by atoms with Crippen LogP contribution in [0, 0.1) is 11.3 Å². The van der Waals surface area contributed by atoms with Gasteiger partial charge < -0.3 is 10.2 Å². The lowest BCUT2D eigenvalue weighted by Gasteiger charge is -2.35. The minimum atomic E-state index is -0.168. The highest BCUT2D eigenvalue weighted by molar-refractivity contribution is 6.31. The first-order valence-corrected chi connectivity index (χ1v) is 9.42. The van der Waals surface area contributed by atoms with Crippen LogP contribution in [0.25, 0.3) is 0 Å². The van der Waals surface area contributed by atoms with E-state index in [0.29, 0.717) is 21.8 Å². The number of halogens is 1. The number of carbonyl (C=O) groups is 2. The van der Waals surface area contributed by atoms with Gasteiger partial charge in [0.2, 0.25) is 5.91 Å². The zero-order valence-electron chi connectivity index (χ0n) is 15.6. The fourth-order valence-corrected chi connectivity index (χ4v) is 3.35. The van der Waals surface area contributed by atoms with Gasteiger partial charge in [0.1, 0.15) is 6.07 Å². The highest BCUT2D eigenvalue weighted by atomic mass is 35.5. The molecule has 0 aromatic heterocycles. The molecule has 1 N–H and O–H groups in total. The molecule has 1 amide bonds. The van der Waals surface area contributed by atoms with E-state index in [1.54, 1.807) is 25.1 Å². The van der Waals surface area contributed by atoms with E-state index >= 15 is 0 Å². The molecular formula is C21H21ClN4O2. The highest BCUT2D eigenvalue weighted by Gasteiger charge is 2.20. The van der Waals surface area contributed by atoms with Gasteiger partial charge in [-0.2, -0.15) is 5.26 Å². The number of nitrogens with one attached hydrogen (secondary N) is 1. The molecule has 0 atom stereocenters. The van der Waals surface area contributed by atoms with Crippen molar-refractivity contribution in [1.29, 1.82) is 5.26 Å². The lowest BCUT2D eigenvalue weighted by Crippen LogP contribution is -2.48. The van der Waals surface area contributed by atoms with Crippen molar-refractivity contribution >= 4 is 34.7 Å². The van der Waals surface area contributed by atoms with Gasteiger partial charge in [0.25, 0.3) is 0 Å². The Morgan fingerprint density at radius 2 is 1.79 bits per heavy atom. The van der Waals surface area contributed by atoms with E-state index in [-0.39, 0.29) is 18.2 Å². The quantitative estimate of drug-likeness (QED) is 0.785. The molecule has 2 aromatic carbocycles. The number of anilines is 2. The van der Waals surface area contributed by atoms with Gasteiger partial charge in [0.05, 0.1) is 17.8 Å². The summed E-state index contributed by atoms with van der Waals surface area (Å²) in [5.41, 5.74) is 2.60. The minimum absolute atomic E-state index is 0.0571. The number of benzene rings is 2. The van der Waals surface area contributed by atoms with Crippen LogP contribution in [-0.2, 0) is 4.79 Å². The lowest BCUT2D eigenvalue weighted by atomic mass is 10.1. The largest absolute Gasteiger partial charge is 0.369 e. The smallest absolute Gasteiger partial charge is 0.238 e. The van der Waals surface area contributed by atoms with Crippen molar-refractivity contribution in [2.45, 2.75) is 6.92 Å². The second-order valence-electron chi connectivity index (χ2n) is 6.72. The third-order valence-corrected chi connectivity index (χ3v) is 4.99. The molecule has 1 fully saturated rings. The lowest BCUT2D eigenvalue weighted by molar-refractivity contribution is -0.117. The monoisotopic (exact) mass is 396 g/mol. The van der Waals surface area contributed by atoms with E-state index in [1.165, 1.54) is 0 Å². The number of ketones is 1. The average Bonchev–Trinajstić information content (AvgIpc) is 2.69. The zero-order chi connectivity index (χ0) is 20.1. The summed E-state index contributed by atoms with van der Waals surface area (Å²) in [5, 5.41) is 12.4. The maximum Gasteiger partial charge on any atom is 0.238 e. The molecule has 144 valence electrons. The number of hydrogen-bond acceptors (Lipinski definition) is 5. The van der Waals surface area contributed by atoms with Crippen LogP contribution in [0.5, 0.6) is 0 Å². The molecule has 0 spiro atoms. The Morgan fingerprint density at radius 1 is 1.11 bits per heavy atom. The molecule has 3 rings (SSSR count). The van der Waals surface area contributed by atoms with Crippen LogP contribution in [0.2, 0.25) is 5.02 Å². The van der Waals surface area contributed by atoms with E-state index < -0.39 is 0 Å². The summed E-state index contributed by atoms with van der Waals surface area (Å²) in [6.07, 6.45) is 0. The van der Waals surface area contributed by atoms with E-state index in [4.69, 9.17) is 16.9 Å². The predicted octanol–water partition coefficient (Wildman–Crippen LogP) is 3.17. The molecule has 6 nitrogen and oxygen atoms in total. The number of Topliss-reactive ketones (excluding diaryl/α,β-unsaturated/α-hetero) is 1. The molecular weight excluding hydrogens is 376 g/mol. The van der Waals surface area contributed by atoms with Crippen molar-refractivity contribution in [3.8, 4) is 6.07 Å². The molecule has 1 aliphatic heterocycles. The Labute approximate surface area is 169 Å². The molecule has 1 heterocycles. The SMILES string of the molecule is CC(=O)c1ccc(N2CCN(CC(=O)Nc3cc(Cl)ccc3C#N)CC2)cc1. The first-order chi connectivity index (χ1) is 13.5. The van der Waals surface area contributed by atoms with E-state index in [1.807, 2.05) is 24.3 Å². The van der Waals surface area contributed by atoms with Gasteiger partial charge in [-0.05, 0) is 49.4 Å². The number of amides is 1. The number of piperazine rings is 1. The molecule has 2 aromatic rings. The molecule has 1 saturated heterocycles. The summed E-state index contributed by atoms with van der Waals surface area (Å²) >= 11 is 5.96. The molecule has 0 saturated carbocycles. The van der Waals surface area contributed by atoms with Crippen molar-refractivity contribution < 1.29 is 9.59 Å². The Hall–Kier alpha value is -2.88. The molecule has 7 heteroatoms. The Bertz CT molecular complexity index is 913. The third kappa shape index (κ3) is 4.89. The zero-order valence-corrected chi connectivity index (χ0v) is 16.4. The molecule has 0 radical (unpaired) electrons. The molecule has 0 bridgehead atoms. The summed E-state index contributed by atoms with van der Waals surface area (Å²) in [4.78, 5) is 28.1. The number of nitrogens with zero attached hydrogens (tertiary/aromatic N) is 3. The normalized spacial score (nSPS) is 14.4. The summed E-state index contributed by atoms with van der Waals surface area (Å²) in [5.74, 6) is -0.111. The Kier molecular flexibility index (Phi) is 6.30. The number of carbonyl (C=O) groups excluding carboxylic acids is 2. The van der Waals surface area contributed by atoms with Crippen LogP contribution in [-0.4, -0.2) is 49.3 Å². The van der Waals surface area contributed by atoms with Crippen molar-refractivity contribution in [1.82, 2.24) is 4.90 Å². The van der Waals surface area contributed by atoms with E-state index in [9.17, 15) is 9.59 Å². The topological polar surface area (TPSA) is 76.4 Å². The van der Waals surface area contributed by atoms with Gasteiger partial charge in [-0.25, -0.2) is 0 Å². The second kappa shape index (κ2) is 8.87. The fraction of sp³-hybridized carbons (Fsp3) is 0.286. The van der Waals surface area contributed by atoms with Crippen LogP contribution < -0.4 is 10.2 Å². The summed E-state index contributed by atoms with van der Waals surface area (Å²) < 4.78 is 0. The van der Waals surface area contributed by atoms with E-state index in [0.717, 1.165) is 31.9 Å². The molecule has 0 unspecified atom stereocenters. The predicted molar refractivity (Wildman–Crippen MR) is 110 cm³/mol. The number of hydrogen-bond donors (Lipinski definition) is 1. The van der Waals surface area contributed by atoms with E-state index in [2.05, 4.69) is 21.2 Å². The Morgan fingerprint density at radius 3 is 2.39 bits per heavy atom. The number of nitriles is 1. The van der Waals surface area contributed by atoms with Gasteiger partial charge in [0.15, 0.2) is 5.78 Å². The van der Waals surface area contributed by atoms with Gasteiger partial charge in [-0.3, -0.25) is 14.5 Å². The highest BCUT2D eigenvalue weighted by Crippen LogP contribution is 2.21. The maximum absolute atomic E-state index is 12.4.